The predicted molar refractivity (Wildman–Crippen MR) is 101 cm³/mol. The molecule has 5 heteroatoms. The third kappa shape index (κ3) is 4.82. The van der Waals surface area contributed by atoms with Crippen molar-refractivity contribution in [1.29, 1.82) is 0 Å². The maximum absolute atomic E-state index is 12.1. The standard InChI is InChI=1S/C20H26N4O/c1-3-4-12-20(22-23-20)13-9-19(25)21-17-5-7-18(8-6-17)24-14-10-16(2)11-15-24/h1,5-8,16H,4,9-15H2,2H3,(H,21,25). The number of hydrogen-bond donors (Lipinski definition) is 1. The van der Waals surface area contributed by atoms with Gasteiger partial charge in [0.1, 0.15) is 0 Å². The first-order valence-electron chi connectivity index (χ1n) is 9.13. The molecular formula is C20H26N4O. The van der Waals surface area contributed by atoms with Crippen molar-refractivity contribution in [2.45, 2.75) is 51.1 Å². The van der Waals surface area contributed by atoms with Crippen LogP contribution in [0.25, 0.3) is 0 Å². The Hall–Kier alpha value is -2.35. The molecule has 2 heterocycles. The minimum Gasteiger partial charge on any atom is -0.372 e. The summed E-state index contributed by atoms with van der Waals surface area (Å²) in [7, 11) is 0. The molecule has 2 aliphatic heterocycles. The fraction of sp³-hybridized carbons (Fsp3) is 0.550. The highest BCUT2D eigenvalue weighted by molar-refractivity contribution is 5.90. The van der Waals surface area contributed by atoms with Gasteiger partial charge in [-0.25, -0.2) is 0 Å². The summed E-state index contributed by atoms with van der Waals surface area (Å²) in [6.45, 7) is 4.54. The average Bonchev–Trinajstić information content (AvgIpc) is 3.40. The van der Waals surface area contributed by atoms with Gasteiger partial charge < -0.3 is 10.2 Å². The van der Waals surface area contributed by atoms with Crippen LogP contribution in [-0.4, -0.2) is 24.7 Å². The molecule has 1 aromatic carbocycles. The molecule has 3 rings (SSSR count). The van der Waals surface area contributed by atoms with E-state index in [0.29, 0.717) is 19.3 Å². The molecule has 0 radical (unpaired) electrons. The van der Waals surface area contributed by atoms with E-state index >= 15 is 0 Å². The van der Waals surface area contributed by atoms with Crippen molar-refractivity contribution in [1.82, 2.24) is 0 Å². The van der Waals surface area contributed by atoms with Gasteiger partial charge in [-0.2, -0.15) is 10.2 Å². The van der Waals surface area contributed by atoms with E-state index in [4.69, 9.17) is 6.42 Å². The molecule has 0 spiro atoms. The summed E-state index contributed by atoms with van der Waals surface area (Å²) >= 11 is 0. The summed E-state index contributed by atoms with van der Waals surface area (Å²) in [4.78, 5) is 14.6. The van der Waals surface area contributed by atoms with E-state index in [0.717, 1.165) is 31.1 Å². The Morgan fingerprint density at radius 3 is 2.56 bits per heavy atom. The molecular weight excluding hydrogens is 312 g/mol. The van der Waals surface area contributed by atoms with Crippen molar-refractivity contribution in [3.05, 3.63) is 24.3 Å². The van der Waals surface area contributed by atoms with Crippen molar-refractivity contribution < 1.29 is 4.79 Å². The molecule has 2 aliphatic rings. The van der Waals surface area contributed by atoms with Crippen LogP contribution in [0.1, 0.15) is 45.4 Å². The highest BCUT2D eigenvalue weighted by Crippen LogP contribution is 2.37. The first-order chi connectivity index (χ1) is 12.1. The van der Waals surface area contributed by atoms with E-state index in [1.807, 2.05) is 12.1 Å². The molecule has 25 heavy (non-hydrogen) atoms. The maximum Gasteiger partial charge on any atom is 0.224 e. The zero-order chi connectivity index (χ0) is 17.7. The van der Waals surface area contributed by atoms with Crippen LogP contribution in [0.15, 0.2) is 34.5 Å². The fourth-order valence-electron chi connectivity index (χ4n) is 3.23. The van der Waals surface area contributed by atoms with Gasteiger partial charge in [0, 0.05) is 50.1 Å². The first-order valence-corrected chi connectivity index (χ1v) is 9.13. The smallest absolute Gasteiger partial charge is 0.224 e. The minimum atomic E-state index is -0.390. The summed E-state index contributed by atoms with van der Waals surface area (Å²) in [6.07, 6.45) is 10.2. The number of rotatable bonds is 7. The lowest BCUT2D eigenvalue weighted by Crippen LogP contribution is -2.32. The van der Waals surface area contributed by atoms with E-state index in [1.165, 1.54) is 18.5 Å². The zero-order valence-electron chi connectivity index (χ0n) is 14.9. The van der Waals surface area contributed by atoms with Crippen molar-refractivity contribution in [2.75, 3.05) is 23.3 Å². The number of carbonyl (C=O) groups excluding carboxylic acids is 1. The molecule has 0 aromatic heterocycles. The number of benzene rings is 1. The zero-order valence-corrected chi connectivity index (χ0v) is 14.9. The number of nitrogens with zero attached hydrogens (tertiary/aromatic N) is 3. The molecule has 1 fully saturated rings. The van der Waals surface area contributed by atoms with Crippen LogP contribution in [0.2, 0.25) is 0 Å². The second kappa shape index (κ2) is 7.69. The lowest BCUT2D eigenvalue weighted by Gasteiger charge is -2.32. The number of carbonyl (C=O) groups is 1. The number of terminal acetylenes is 1. The van der Waals surface area contributed by atoms with Crippen molar-refractivity contribution >= 4 is 17.3 Å². The Balaban J connectivity index is 1.45. The van der Waals surface area contributed by atoms with Crippen LogP contribution in [0.3, 0.4) is 0 Å². The van der Waals surface area contributed by atoms with Gasteiger partial charge in [-0.05, 0) is 43.0 Å². The molecule has 1 saturated heterocycles. The molecule has 0 atom stereocenters. The third-order valence-electron chi connectivity index (χ3n) is 5.10. The molecule has 1 amide bonds. The summed E-state index contributed by atoms with van der Waals surface area (Å²) < 4.78 is 0. The minimum absolute atomic E-state index is 0.00284. The van der Waals surface area contributed by atoms with Gasteiger partial charge in [0.15, 0.2) is 5.66 Å². The van der Waals surface area contributed by atoms with Crippen LogP contribution >= 0.6 is 0 Å². The third-order valence-corrected chi connectivity index (χ3v) is 5.10. The second-order valence-corrected chi connectivity index (χ2v) is 7.15. The van der Waals surface area contributed by atoms with Gasteiger partial charge in [-0.1, -0.05) is 6.92 Å². The van der Waals surface area contributed by atoms with E-state index in [9.17, 15) is 4.79 Å². The molecule has 0 bridgehead atoms. The summed E-state index contributed by atoms with van der Waals surface area (Å²) in [5.74, 6) is 3.42. The number of amides is 1. The van der Waals surface area contributed by atoms with Crippen LogP contribution in [0, 0.1) is 18.3 Å². The van der Waals surface area contributed by atoms with E-state index in [2.05, 4.69) is 45.4 Å². The predicted octanol–water partition coefficient (Wildman–Crippen LogP) is 4.22. The molecule has 5 nitrogen and oxygen atoms in total. The molecule has 0 aliphatic carbocycles. The summed E-state index contributed by atoms with van der Waals surface area (Å²) in [5, 5.41) is 11.1. The van der Waals surface area contributed by atoms with Crippen LogP contribution in [0.5, 0.6) is 0 Å². The van der Waals surface area contributed by atoms with Gasteiger partial charge in [-0.15, -0.1) is 12.3 Å². The Morgan fingerprint density at radius 1 is 1.28 bits per heavy atom. The molecule has 1 N–H and O–H groups in total. The van der Waals surface area contributed by atoms with Gasteiger partial charge in [-0.3, -0.25) is 4.79 Å². The van der Waals surface area contributed by atoms with Crippen LogP contribution in [-0.2, 0) is 4.79 Å². The Morgan fingerprint density at radius 2 is 1.96 bits per heavy atom. The highest BCUT2D eigenvalue weighted by Gasteiger charge is 2.39. The van der Waals surface area contributed by atoms with Crippen molar-refractivity contribution in [3.8, 4) is 12.3 Å². The SMILES string of the molecule is C#CCCC1(CCC(=O)Nc2ccc(N3CCC(C)CC3)cc2)N=N1. The van der Waals surface area contributed by atoms with Crippen molar-refractivity contribution in [3.63, 3.8) is 0 Å². The van der Waals surface area contributed by atoms with Gasteiger partial charge in [0.2, 0.25) is 5.91 Å². The van der Waals surface area contributed by atoms with Crippen LogP contribution < -0.4 is 10.2 Å². The number of nitrogens with one attached hydrogen (secondary N) is 1. The number of piperidine rings is 1. The highest BCUT2D eigenvalue weighted by atomic mass is 16.1. The van der Waals surface area contributed by atoms with Crippen LogP contribution in [0.4, 0.5) is 11.4 Å². The summed E-state index contributed by atoms with van der Waals surface area (Å²) in [6, 6.07) is 8.13. The van der Waals surface area contributed by atoms with Gasteiger partial charge in [0.05, 0.1) is 0 Å². The quantitative estimate of drug-likeness (QED) is 0.757. The van der Waals surface area contributed by atoms with E-state index < -0.39 is 0 Å². The Kier molecular flexibility index (Phi) is 5.37. The first kappa shape index (κ1) is 17.5. The Bertz CT molecular complexity index is 660. The Labute approximate surface area is 149 Å². The fourth-order valence-corrected chi connectivity index (χ4v) is 3.23. The van der Waals surface area contributed by atoms with Gasteiger partial charge >= 0.3 is 0 Å². The molecule has 132 valence electrons. The average molecular weight is 338 g/mol. The monoisotopic (exact) mass is 338 g/mol. The molecule has 1 aromatic rings. The molecule has 0 unspecified atom stereocenters. The maximum atomic E-state index is 12.1. The lowest BCUT2D eigenvalue weighted by atomic mass is 9.99. The normalized spacial score (nSPS) is 18.6. The van der Waals surface area contributed by atoms with Gasteiger partial charge in [0.25, 0.3) is 0 Å². The van der Waals surface area contributed by atoms with E-state index in [-0.39, 0.29) is 11.6 Å². The molecule has 0 saturated carbocycles. The summed E-state index contributed by atoms with van der Waals surface area (Å²) in [5.41, 5.74) is 1.68. The van der Waals surface area contributed by atoms with E-state index in [1.54, 1.807) is 0 Å². The lowest BCUT2D eigenvalue weighted by molar-refractivity contribution is -0.116. The number of hydrogen-bond acceptors (Lipinski definition) is 4. The number of anilines is 2. The largest absolute Gasteiger partial charge is 0.372 e. The van der Waals surface area contributed by atoms with Crippen molar-refractivity contribution in [2.24, 2.45) is 16.1 Å². The second-order valence-electron chi connectivity index (χ2n) is 7.15. The topological polar surface area (TPSA) is 57.1 Å².